The molecule has 3 aliphatic rings. The van der Waals surface area contributed by atoms with E-state index in [2.05, 4.69) is 0 Å². The maximum absolute atomic E-state index is 12.5. The lowest BCUT2D eigenvalue weighted by molar-refractivity contribution is -0.139. The van der Waals surface area contributed by atoms with Crippen molar-refractivity contribution in [2.24, 2.45) is 21.1 Å². The van der Waals surface area contributed by atoms with Gasteiger partial charge >= 0.3 is 6.18 Å². The van der Waals surface area contributed by atoms with Gasteiger partial charge in [0.1, 0.15) is 11.6 Å². The van der Waals surface area contributed by atoms with Crippen LogP contribution in [0.25, 0.3) is 0 Å². The van der Waals surface area contributed by atoms with Crippen molar-refractivity contribution in [3.8, 4) is 5.75 Å². The first-order valence-electron chi connectivity index (χ1n) is 9.96. The fraction of sp³-hybridized carbons (Fsp3) is 0.619. The topological polar surface area (TPSA) is 69.2 Å². The number of rotatable bonds is 4. The van der Waals surface area contributed by atoms with Gasteiger partial charge in [-0.3, -0.25) is 4.99 Å². The Morgan fingerprint density at radius 3 is 2.52 bits per heavy atom. The van der Waals surface area contributed by atoms with Crippen molar-refractivity contribution in [1.29, 1.82) is 0 Å². The fourth-order valence-corrected chi connectivity index (χ4v) is 5.02. The van der Waals surface area contributed by atoms with E-state index in [1.807, 2.05) is 19.1 Å². The molecule has 5 nitrogen and oxygen atoms in total. The van der Waals surface area contributed by atoms with Crippen molar-refractivity contribution >= 4 is 11.5 Å². The second-order valence-corrected chi connectivity index (χ2v) is 8.29. The number of alkyl halides is 3. The second-order valence-electron chi connectivity index (χ2n) is 8.29. The Bertz CT molecular complexity index is 837. The summed E-state index contributed by atoms with van der Waals surface area (Å²) in [7, 11) is 1.74. The van der Waals surface area contributed by atoms with Crippen molar-refractivity contribution < 1.29 is 22.6 Å². The van der Waals surface area contributed by atoms with E-state index in [1.54, 1.807) is 13.2 Å². The zero-order valence-corrected chi connectivity index (χ0v) is 16.7. The SMILES string of the molecule is COC1CCC2(CC1)Cc1ccc(OCCC(F)(F)F)cc1[C@]21N=C(C)C(N)=N1. The van der Waals surface area contributed by atoms with E-state index in [0.29, 0.717) is 17.3 Å². The number of nitrogens with two attached hydrogens (primary N) is 1. The first-order chi connectivity index (χ1) is 13.7. The summed E-state index contributed by atoms with van der Waals surface area (Å²) in [5, 5.41) is 0. The van der Waals surface area contributed by atoms with Crippen molar-refractivity contribution in [2.75, 3.05) is 13.7 Å². The van der Waals surface area contributed by atoms with E-state index in [-0.39, 0.29) is 11.5 Å². The molecule has 1 aromatic carbocycles. The molecule has 1 aromatic rings. The van der Waals surface area contributed by atoms with Crippen molar-refractivity contribution in [2.45, 2.75) is 63.4 Å². The highest BCUT2D eigenvalue weighted by molar-refractivity contribution is 6.41. The second kappa shape index (κ2) is 7.00. The van der Waals surface area contributed by atoms with Gasteiger partial charge in [0.15, 0.2) is 5.66 Å². The molecule has 4 rings (SSSR count). The van der Waals surface area contributed by atoms with E-state index in [0.717, 1.165) is 43.2 Å². The number of nitrogens with zero attached hydrogens (tertiary/aromatic N) is 2. The minimum atomic E-state index is -4.24. The summed E-state index contributed by atoms with van der Waals surface area (Å²) in [5.41, 5.74) is 7.83. The normalized spacial score (nSPS) is 31.1. The van der Waals surface area contributed by atoms with Crippen molar-refractivity contribution in [1.82, 2.24) is 0 Å². The molecule has 1 fully saturated rings. The van der Waals surface area contributed by atoms with Crippen LogP contribution in [0, 0.1) is 5.41 Å². The number of amidine groups is 1. The zero-order chi connectivity index (χ0) is 20.9. The Morgan fingerprint density at radius 1 is 1.21 bits per heavy atom. The van der Waals surface area contributed by atoms with Crippen LogP contribution in [0.1, 0.15) is 50.2 Å². The molecule has 2 aliphatic carbocycles. The van der Waals surface area contributed by atoms with Gasteiger partial charge in [-0.15, -0.1) is 0 Å². The molecular weight excluding hydrogens is 383 g/mol. The summed E-state index contributed by atoms with van der Waals surface area (Å²) in [5.74, 6) is 0.831. The van der Waals surface area contributed by atoms with Crippen LogP contribution in [0.5, 0.6) is 5.75 Å². The Labute approximate surface area is 168 Å². The Balaban J connectivity index is 1.68. The molecule has 0 saturated heterocycles. The molecule has 1 heterocycles. The number of aliphatic imine (C=N–C) groups is 2. The van der Waals surface area contributed by atoms with E-state index in [4.69, 9.17) is 25.2 Å². The summed E-state index contributed by atoms with van der Waals surface area (Å²) >= 11 is 0. The minimum absolute atomic E-state index is 0.197. The van der Waals surface area contributed by atoms with E-state index < -0.39 is 24.9 Å². The molecule has 0 amide bonds. The fourth-order valence-electron chi connectivity index (χ4n) is 5.02. The smallest absolute Gasteiger partial charge is 0.392 e. The molecule has 1 atom stereocenters. The number of methoxy groups -OCH3 is 1. The minimum Gasteiger partial charge on any atom is -0.493 e. The highest BCUT2D eigenvalue weighted by atomic mass is 19.4. The van der Waals surface area contributed by atoms with Gasteiger partial charge in [0.05, 0.1) is 24.8 Å². The molecule has 1 aliphatic heterocycles. The first kappa shape index (κ1) is 20.2. The van der Waals surface area contributed by atoms with Gasteiger partial charge in [-0.2, -0.15) is 13.2 Å². The number of ether oxygens (including phenoxy) is 2. The molecule has 0 bridgehead atoms. The van der Waals surface area contributed by atoms with Gasteiger partial charge in [0.2, 0.25) is 0 Å². The van der Waals surface area contributed by atoms with Gasteiger partial charge in [-0.25, -0.2) is 4.99 Å². The molecule has 8 heteroatoms. The zero-order valence-electron chi connectivity index (χ0n) is 16.7. The first-order valence-corrected chi connectivity index (χ1v) is 9.96. The van der Waals surface area contributed by atoms with Crippen LogP contribution in [-0.2, 0) is 16.8 Å². The quantitative estimate of drug-likeness (QED) is 0.813. The summed E-state index contributed by atoms with van der Waals surface area (Å²) in [6.07, 6.45) is -0.537. The monoisotopic (exact) mass is 409 g/mol. The third-order valence-electron chi connectivity index (χ3n) is 6.59. The molecule has 2 spiro atoms. The summed E-state index contributed by atoms with van der Waals surface area (Å²) in [6.45, 7) is 1.44. The maximum atomic E-state index is 12.5. The van der Waals surface area contributed by atoms with Gasteiger partial charge in [-0.05, 0) is 56.7 Å². The lowest BCUT2D eigenvalue weighted by Gasteiger charge is -2.44. The highest BCUT2D eigenvalue weighted by Gasteiger charge is 2.60. The van der Waals surface area contributed by atoms with Crippen LogP contribution in [-0.4, -0.2) is 37.5 Å². The van der Waals surface area contributed by atoms with Crippen LogP contribution in [0.3, 0.4) is 0 Å². The predicted octanol–water partition coefficient (Wildman–Crippen LogP) is 4.13. The summed E-state index contributed by atoms with van der Waals surface area (Å²) < 4.78 is 48.3. The number of fused-ring (bicyclic) bond motifs is 3. The van der Waals surface area contributed by atoms with Crippen LogP contribution in [0.4, 0.5) is 13.2 Å². The summed E-state index contributed by atoms with van der Waals surface area (Å²) in [4.78, 5) is 9.79. The molecule has 29 heavy (non-hydrogen) atoms. The molecule has 0 aromatic heterocycles. The maximum Gasteiger partial charge on any atom is 0.392 e. The van der Waals surface area contributed by atoms with Crippen molar-refractivity contribution in [3.05, 3.63) is 29.3 Å². The van der Waals surface area contributed by atoms with Crippen LogP contribution in [0.2, 0.25) is 0 Å². The van der Waals surface area contributed by atoms with Gasteiger partial charge in [0, 0.05) is 18.1 Å². The van der Waals surface area contributed by atoms with Gasteiger partial charge < -0.3 is 15.2 Å². The Morgan fingerprint density at radius 2 is 1.93 bits per heavy atom. The van der Waals surface area contributed by atoms with E-state index in [9.17, 15) is 13.2 Å². The lowest BCUT2D eigenvalue weighted by Crippen LogP contribution is -2.43. The number of benzene rings is 1. The van der Waals surface area contributed by atoms with E-state index >= 15 is 0 Å². The van der Waals surface area contributed by atoms with E-state index in [1.165, 1.54) is 0 Å². The molecular formula is C21H26F3N3O2. The van der Waals surface area contributed by atoms with Crippen LogP contribution < -0.4 is 10.5 Å². The summed E-state index contributed by atoms with van der Waals surface area (Å²) in [6, 6.07) is 5.48. The van der Waals surface area contributed by atoms with Crippen molar-refractivity contribution in [3.63, 3.8) is 0 Å². The molecule has 1 saturated carbocycles. The predicted molar refractivity (Wildman–Crippen MR) is 104 cm³/mol. The Kier molecular flexibility index (Phi) is 4.88. The Hall–Kier alpha value is -2.09. The average Bonchev–Trinajstić information content (AvgIpc) is 3.10. The molecule has 158 valence electrons. The number of halogens is 3. The number of hydrogen-bond acceptors (Lipinski definition) is 5. The highest BCUT2D eigenvalue weighted by Crippen LogP contribution is 2.62. The number of hydrogen-bond donors (Lipinski definition) is 1. The lowest BCUT2D eigenvalue weighted by atomic mass is 9.65. The standard InChI is InChI=1S/C21H26F3N3O2/c1-13-18(25)27-21(26-13)17-11-16(29-10-9-20(22,23)24)4-3-14(17)12-19(21)7-5-15(28-2)6-8-19/h3-4,11,15H,5-10,12H2,1-2H3,(H2,25,27)/t15?,19?,21-/m1/s1. The average molecular weight is 409 g/mol. The van der Waals surface area contributed by atoms with Crippen LogP contribution in [0.15, 0.2) is 28.2 Å². The third kappa shape index (κ3) is 3.41. The van der Waals surface area contributed by atoms with Gasteiger partial charge in [-0.1, -0.05) is 6.07 Å². The van der Waals surface area contributed by atoms with Gasteiger partial charge in [0.25, 0.3) is 0 Å². The third-order valence-corrected chi connectivity index (χ3v) is 6.59. The molecule has 0 radical (unpaired) electrons. The molecule has 0 unspecified atom stereocenters. The van der Waals surface area contributed by atoms with Crippen LogP contribution >= 0.6 is 0 Å². The largest absolute Gasteiger partial charge is 0.493 e. The molecule has 2 N–H and O–H groups in total.